The number of nitrogens with zero attached hydrogens (tertiary/aromatic N) is 1. The zero-order valence-electron chi connectivity index (χ0n) is 11.0. The Bertz CT molecular complexity index is 638. The third-order valence-corrected chi connectivity index (χ3v) is 5.25. The van der Waals surface area contributed by atoms with E-state index in [1.807, 2.05) is 0 Å². The fourth-order valence-corrected chi connectivity index (χ4v) is 3.94. The molecule has 1 aromatic rings. The molecular formula is C14H15N3O2S. The molecule has 0 unspecified atom stereocenters. The predicted octanol–water partition coefficient (Wildman–Crippen LogP) is 1.97. The number of hydrogen-bond acceptors (Lipinski definition) is 4. The van der Waals surface area contributed by atoms with Gasteiger partial charge in [-0.05, 0) is 44.1 Å². The molecule has 1 aromatic heterocycles. The Hall–Kier alpha value is -1.87. The van der Waals surface area contributed by atoms with Gasteiger partial charge in [-0.1, -0.05) is 0 Å². The largest absolute Gasteiger partial charge is 0.365 e. The molecule has 1 heterocycles. The smallest absolute Gasteiger partial charge is 0.251 e. The molecule has 2 aliphatic carbocycles. The van der Waals surface area contributed by atoms with Gasteiger partial charge >= 0.3 is 0 Å². The normalized spacial score (nSPS) is 18.8. The van der Waals surface area contributed by atoms with Gasteiger partial charge in [-0.2, -0.15) is 5.26 Å². The summed E-state index contributed by atoms with van der Waals surface area (Å²) < 4.78 is 0. The van der Waals surface area contributed by atoms with Crippen molar-refractivity contribution in [1.82, 2.24) is 0 Å². The van der Waals surface area contributed by atoms with E-state index in [2.05, 4.69) is 11.4 Å². The summed E-state index contributed by atoms with van der Waals surface area (Å²) in [5.74, 6) is -0.803. The van der Waals surface area contributed by atoms with Crippen LogP contribution in [0.15, 0.2) is 0 Å². The number of nitriles is 1. The molecule has 0 atom stereocenters. The third-order valence-electron chi connectivity index (χ3n) is 4.04. The highest BCUT2D eigenvalue weighted by molar-refractivity contribution is 7.17. The van der Waals surface area contributed by atoms with Crippen molar-refractivity contribution in [1.29, 1.82) is 5.26 Å². The summed E-state index contributed by atoms with van der Waals surface area (Å²) in [6, 6.07) is 2.06. The van der Waals surface area contributed by atoms with Gasteiger partial charge in [0.1, 0.15) is 10.4 Å². The SMILES string of the molecule is N#CC1(C(=O)Nc2sc3c(c2C(N)=O)CCCC3)CC1. The average molecular weight is 289 g/mol. The van der Waals surface area contributed by atoms with E-state index in [4.69, 9.17) is 11.0 Å². The molecule has 5 nitrogen and oxygen atoms in total. The Balaban J connectivity index is 1.94. The zero-order valence-corrected chi connectivity index (χ0v) is 11.8. The lowest BCUT2D eigenvalue weighted by atomic mass is 9.95. The highest BCUT2D eigenvalue weighted by Gasteiger charge is 2.51. The Labute approximate surface area is 120 Å². The van der Waals surface area contributed by atoms with E-state index in [0.29, 0.717) is 23.4 Å². The van der Waals surface area contributed by atoms with Crippen LogP contribution in [0.2, 0.25) is 0 Å². The molecule has 0 aliphatic heterocycles. The second-order valence-corrected chi connectivity index (χ2v) is 6.53. The van der Waals surface area contributed by atoms with Crippen molar-refractivity contribution in [2.75, 3.05) is 5.32 Å². The lowest BCUT2D eigenvalue weighted by Crippen LogP contribution is -2.24. The molecule has 1 fully saturated rings. The van der Waals surface area contributed by atoms with Gasteiger partial charge in [-0.3, -0.25) is 9.59 Å². The first-order valence-corrected chi connectivity index (χ1v) is 7.56. The number of nitrogens with one attached hydrogen (secondary N) is 1. The van der Waals surface area contributed by atoms with Gasteiger partial charge in [0, 0.05) is 4.88 Å². The standard InChI is InChI=1S/C14H15N3O2S/c15-7-14(5-6-14)13(19)17-12-10(11(16)18)8-3-1-2-4-9(8)20-12/h1-6H2,(H2,16,18)(H,17,19). The molecule has 3 rings (SSSR count). The number of fused-ring (bicyclic) bond motifs is 1. The highest BCUT2D eigenvalue weighted by Crippen LogP contribution is 2.47. The lowest BCUT2D eigenvalue weighted by molar-refractivity contribution is -0.119. The van der Waals surface area contributed by atoms with Crippen LogP contribution in [0.25, 0.3) is 0 Å². The third kappa shape index (κ3) is 1.98. The van der Waals surface area contributed by atoms with Crippen molar-refractivity contribution in [2.45, 2.75) is 38.5 Å². The maximum atomic E-state index is 12.1. The minimum absolute atomic E-state index is 0.305. The van der Waals surface area contributed by atoms with Crippen LogP contribution < -0.4 is 11.1 Å². The lowest BCUT2D eigenvalue weighted by Gasteiger charge is -2.11. The molecule has 104 valence electrons. The van der Waals surface area contributed by atoms with Gasteiger partial charge < -0.3 is 11.1 Å². The summed E-state index contributed by atoms with van der Waals surface area (Å²) in [6.45, 7) is 0. The van der Waals surface area contributed by atoms with Crippen LogP contribution in [-0.2, 0) is 17.6 Å². The van der Waals surface area contributed by atoms with E-state index in [9.17, 15) is 9.59 Å². The summed E-state index contributed by atoms with van der Waals surface area (Å²) in [4.78, 5) is 25.0. The number of rotatable bonds is 3. The van der Waals surface area contributed by atoms with E-state index < -0.39 is 11.3 Å². The van der Waals surface area contributed by atoms with Crippen molar-refractivity contribution < 1.29 is 9.59 Å². The summed E-state index contributed by atoms with van der Waals surface area (Å²) in [5.41, 5.74) is 6.02. The summed E-state index contributed by atoms with van der Waals surface area (Å²) >= 11 is 1.43. The molecule has 0 aromatic carbocycles. The maximum Gasteiger partial charge on any atom is 0.251 e. The second-order valence-electron chi connectivity index (χ2n) is 5.43. The number of nitrogens with two attached hydrogens (primary N) is 1. The number of primary amides is 1. The molecule has 0 bridgehead atoms. The van der Waals surface area contributed by atoms with Crippen LogP contribution in [0.1, 0.15) is 46.5 Å². The maximum absolute atomic E-state index is 12.1. The van der Waals surface area contributed by atoms with Gasteiger partial charge in [0.05, 0.1) is 11.6 Å². The molecule has 20 heavy (non-hydrogen) atoms. The van der Waals surface area contributed by atoms with Gasteiger partial charge in [0.25, 0.3) is 5.91 Å². The molecule has 1 saturated carbocycles. The molecule has 2 aliphatic rings. The number of hydrogen-bond donors (Lipinski definition) is 2. The van der Waals surface area contributed by atoms with E-state index in [1.54, 1.807) is 0 Å². The highest BCUT2D eigenvalue weighted by atomic mass is 32.1. The molecule has 6 heteroatoms. The van der Waals surface area contributed by atoms with Gasteiger partial charge in [-0.15, -0.1) is 11.3 Å². The second kappa shape index (κ2) is 4.60. The van der Waals surface area contributed by atoms with Crippen molar-refractivity contribution in [3.05, 3.63) is 16.0 Å². The van der Waals surface area contributed by atoms with E-state index >= 15 is 0 Å². The Morgan fingerprint density at radius 2 is 2.00 bits per heavy atom. The number of amides is 2. The average Bonchev–Trinajstić information content (AvgIpc) is 3.14. The molecule has 2 amide bonds. The van der Waals surface area contributed by atoms with Crippen LogP contribution in [0.5, 0.6) is 0 Å². The molecule has 0 spiro atoms. The minimum atomic E-state index is -0.889. The van der Waals surface area contributed by atoms with Crippen LogP contribution in [0, 0.1) is 16.7 Å². The molecule has 0 saturated heterocycles. The summed E-state index contributed by atoms with van der Waals surface area (Å²) in [6.07, 6.45) is 5.09. The number of thiophene rings is 1. The van der Waals surface area contributed by atoms with Gasteiger partial charge in [0.15, 0.2) is 0 Å². The van der Waals surface area contributed by atoms with Crippen LogP contribution in [0.4, 0.5) is 5.00 Å². The summed E-state index contributed by atoms with van der Waals surface area (Å²) in [5, 5.41) is 12.3. The predicted molar refractivity (Wildman–Crippen MR) is 75.4 cm³/mol. The molecule has 3 N–H and O–H groups in total. The number of carbonyl (C=O) groups is 2. The zero-order chi connectivity index (χ0) is 14.3. The monoisotopic (exact) mass is 289 g/mol. The van der Waals surface area contributed by atoms with Gasteiger partial charge in [0.2, 0.25) is 5.91 Å². The summed E-state index contributed by atoms with van der Waals surface area (Å²) in [7, 11) is 0. The molecule has 0 radical (unpaired) electrons. The van der Waals surface area contributed by atoms with Crippen molar-refractivity contribution >= 4 is 28.2 Å². The Kier molecular flexibility index (Phi) is 3.02. The Morgan fingerprint density at radius 1 is 1.30 bits per heavy atom. The van der Waals surface area contributed by atoms with E-state index in [0.717, 1.165) is 36.1 Å². The Morgan fingerprint density at radius 3 is 2.60 bits per heavy atom. The minimum Gasteiger partial charge on any atom is -0.365 e. The van der Waals surface area contributed by atoms with Crippen molar-refractivity contribution in [3.8, 4) is 6.07 Å². The first-order valence-electron chi connectivity index (χ1n) is 6.74. The van der Waals surface area contributed by atoms with Crippen LogP contribution in [-0.4, -0.2) is 11.8 Å². The number of aryl methyl sites for hydroxylation is 1. The van der Waals surface area contributed by atoms with E-state index in [1.165, 1.54) is 11.3 Å². The fourth-order valence-electron chi connectivity index (χ4n) is 2.65. The van der Waals surface area contributed by atoms with Crippen LogP contribution >= 0.6 is 11.3 Å². The van der Waals surface area contributed by atoms with Gasteiger partial charge in [-0.25, -0.2) is 0 Å². The molecular weight excluding hydrogens is 274 g/mol. The quantitative estimate of drug-likeness (QED) is 0.890. The number of carbonyl (C=O) groups excluding carboxylic acids is 2. The van der Waals surface area contributed by atoms with Crippen molar-refractivity contribution in [3.63, 3.8) is 0 Å². The van der Waals surface area contributed by atoms with E-state index in [-0.39, 0.29) is 5.91 Å². The first kappa shape index (κ1) is 13.1. The van der Waals surface area contributed by atoms with Crippen molar-refractivity contribution in [2.24, 2.45) is 11.1 Å². The number of anilines is 1. The first-order chi connectivity index (χ1) is 9.57. The fraction of sp³-hybridized carbons (Fsp3) is 0.500. The topological polar surface area (TPSA) is 96.0 Å². The van der Waals surface area contributed by atoms with Crippen LogP contribution in [0.3, 0.4) is 0 Å².